The fraction of sp³-hybridized carbons (Fsp3) is 0.588. The summed E-state index contributed by atoms with van der Waals surface area (Å²) in [5, 5.41) is 3.39. The van der Waals surface area contributed by atoms with E-state index in [9.17, 15) is 0 Å². The lowest BCUT2D eigenvalue weighted by atomic mass is 10.2. The van der Waals surface area contributed by atoms with Gasteiger partial charge >= 0.3 is 0 Å². The molecule has 0 saturated heterocycles. The quantitative estimate of drug-likeness (QED) is 0.552. The molecule has 0 bridgehead atoms. The molecule has 0 radical (unpaired) electrons. The minimum Gasteiger partial charge on any atom is -0.313 e. The topological polar surface area (TPSA) is 28.2 Å². The molecule has 1 saturated carbocycles. The van der Waals surface area contributed by atoms with Crippen molar-refractivity contribution >= 4 is 0 Å². The van der Waals surface area contributed by atoms with Gasteiger partial charge in [0.05, 0.1) is 12.2 Å². The lowest BCUT2D eigenvalue weighted by molar-refractivity contribution is 0.283. The number of terminal acetylenes is 1. The van der Waals surface area contributed by atoms with E-state index in [2.05, 4.69) is 40.2 Å². The van der Waals surface area contributed by atoms with Gasteiger partial charge in [-0.15, -0.1) is 6.42 Å². The Morgan fingerprint density at radius 2 is 2.30 bits per heavy atom. The molecule has 1 aliphatic carbocycles. The van der Waals surface area contributed by atoms with Crippen LogP contribution in [0.5, 0.6) is 0 Å². The molecule has 0 unspecified atom stereocenters. The molecule has 0 spiro atoms. The molecule has 108 valence electrons. The second-order valence-electron chi connectivity index (χ2n) is 5.65. The number of aromatic nitrogens is 1. The SMILES string of the molecule is C#CCN(Cc1ccc(CNCCC)cn1)CC1CC1. The van der Waals surface area contributed by atoms with Gasteiger partial charge in [0.1, 0.15) is 0 Å². The average molecular weight is 271 g/mol. The summed E-state index contributed by atoms with van der Waals surface area (Å²) >= 11 is 0. The molecular formula is C17H25N3. The number of hydrogen-bond acceptors (Lipinski definition) is 3. The van der Waals surface area contributed by atoms with Crippen LogP contribution >= 0.6 is 0 Å². The second-order valence-corrected chi connectivity index (χ2v) is 5.65. The zero-order valence-corrected chi connectivity index (χ0v) is 12.4. The minimum absolute atomic E-state index is 0.720. The first-order valence-corrected chi connectivity index (χ1v) is 7.62. The van der Waals surface area contributed by atoms with Gasteiger partial charge in [-0.3, -0.25) is 9.88 Å². The van der Waals surface area contributed by atoms with Crippen LogP contribution in [0, 0.1) is 18.3 Å². The summed E-state index contributed by atoms with van der Waals surface area (Å²) in [6.07, 6.45) is 11.3. The number of hydrogen-bond donors (Lipinski definition) is 1. The van der Waals surface area contributed by atoms with Gasteiger partial charge < -0.3 is 5.32 Å². The van der Waals surface area contributed by atoms with E-state index in [1.165, 1.54) is 18.4 Å². The van der Waals surface area contributed by atoms with Crippen LogP contribution in [-0.4, -0.2) is 29.5 Å². The molecule has 1 heterocycles. The normalized spacial score (nSPS) is 14.4. The van der Waals surface area contributed by atoms with Crippen molar-refractivity contribution in [3.05, 3.63) is 29.6 Å². The lowest BCUT2D eigenvalue weighted by Gasteiger charge is -2.19. The molecule has 1 aliphatic rings. The van der Waals surface area contributed by atoms with E-state index < -0.39 is 0 Å². The molecule has 3 heteroatoms. The van der Waals surface area contributed by atoms with Crippen LogP contribution in [0.4, 0.5) is 0 Å². The number of pyridine rings is 1. The molecule has 1 aromatic heterocycles. The summed E-state index contributed by atoms with van der Waals surface area (Å²) in [6.45, 7) is 6.83. The highest BCUT2D eigenvalue weighted by atomic mass is 15.1. The lowest BCUT2D eigenvalue weighted by Crippen LogP contribution is -2.26. The first-order valence-electron chi connectivity index (χ1n) is 7.62. The fourth-order valence-electron chi connectivity index (χ4n) is 2.27. The molecular weight excluding hydrogens is 246 g/mol. The van der Waals surface area contributed by atoms with Gasteiger partial charge in [-0.25, -0.2) is 0 Å². The van der Waals surface area contributed by atoms with Crippen LogP contribution in [0.2, 0.25) is 0 Å². The summed E-state index contributed by atoms with van der Waals surface area (Å²) in [7, 11) is 0. The van der Waals surface area contributed by atoms with Crippen LogP contribution in [-0.2, 0) is 13.1 Å². The van der Waals surface area contributed by atoms with Gasteiger partial charge in [-0.2, -0.15) is 0 Å². The highest BCUT2D eigenvalue weighted by Crippen LogP contribution is 2.29. The van der Waals surface area contributed by atoms with Gasteiger partial charge in [0, 0.05) is 25.8 Å². The van der Waals surface area contributed by atoms with Gasteiger partial charge in [-0.1, -0.05) is 18.9 Å². The van der Waals surface area contributed by atoms with Crippen molar-refractivity contribution in [1.82, 2.24) is 15.2 Å². The Balaban J connectivity index is 1.82. The van der Waals surface area contributed by atoms with E-state index >= 15 is 0 Å². The summed E-state index contributed by atoms with van der Waals surface area (Å²) < 4.78 is 0. The van der Waals surface area contributed by atoms with E-state index in [1.807, 2.05) is 6.20 Å². The Kier molecular flexibility index (Phi) is 6.04. The zero-order valence-electron chi connectivity index (χ0n) is 12.4. The Bertz CT molecular complexity index is 429. The van der Waals surface area contributed by atoms with Gasteiger partial charge in [-0.05, 0) is 43.4 Å². The fourth-order valence-corrected chi connectivity index (χ4v) is 2.27. The van der Waals surface area contributed by atoms with Gasteiger partial charge in [0.15, 0.2) is 0 Å². The molecule has 3 nitrogen and oxygen atoms in total. The Hall–Kier alpha value is -1.37. The third-order valence-electron chi connectivity index (χ3n) is 3.56. The minimum atomic E-state index is 0.720. The maximum Gasteiger partial charge on any atom is 0.0602 e. The molecule has 2 rings (SSSR count). The predicted octanol–water partition coefficient (Wildman–Crippen LogP) is 2.43. The molecule has 0 amide bonds. The van der Waals surface area contributed by atoms with Crippen LogP contribution in [0.1, 0.15) is 37.4 Å². The molecule has 1 aromatic rings. The molecule has 1 N–H and O–H groups in total. The van der Waals surface area contributed by atoms with Crippen molar-refractivity contribution in [2.75, 3.05) is 19.6 Å². The summed E-state index contributed by atoms with van der Waals surface area (Å²) in [4.78, 5) is 6.89. The van der Waals surface area contributed by atoms with E-state index in [0.717, 1.165) is 50.8 Å². The average Bonchev–Trinajstić information content (AvgIpc) is 3.25. The van der Waals surface area contributed by atoms with E-state index in [0.29, 0.717) is 0 Å². The third kappa shape index (κ3) is 5.32. The van der Waals surface area contributed by atoms with E-state index in [4.69, 9.17) is 6.42 Å². The number of rotatable bonds is 9. The first kappa shape index (κ1) is 15.0. The number of nitrogens with zero attached hydrogens (tertiary/aromatic N) is 2. The molecule has 20 heavy (non-hydrogen) atoms. The van der Waals surface area contributed by atoms with Crippen LogP contribution in [0.25, 0.3) is 0 Å². The second kappa shape index (κ2) is 8.04. The van der Waals surface area contributed by atoms with E-state index in [1.54, 1.807) is 0 Å². The standard InChI is InChI=1S/C17H25N3/c1-3-9-18-11-16-7-8-17(19-12-16)14-20(10-4-2)13-15-5-6-15/h2,7-8,12,15,18H,3,5-6,9-11,13-14H2,1H3. The Morgan fingerprint density at radius 3 is 2.90 bits per heavy atom. The summed E-state index contributed by atoms with van der Waals surface area (Å²) in [6, 6.07) is 4.29. The van der Waals surface area contributed by atoms with Crippen LogP contribution in [0.15, 0.2) is 18.3 Å². The monoisotopic (exact) mass is 271 g/mol. The third-order valence-corrected chi connectivity index (χ3v) is 3.56. The highest BCUT2D eigenvalue weighted by molar-refractivity contribution is 5.14. The van der Waals surface area contributed by atoms with Crippen LogP contribution < -0.4 is 5.32 Å². The van der Waals surface area contributed by atoms with Crippen molar-refractivity contribution in [3.8, 4) is 12.3 Å². The van der Waals surface area contributed by atoms with Crippen molar-refractivity contribution in [3.63, 3.8) is 0 Å². The molecule has 0 aromatic carbocycles. The van der Waals surface area contributed by atoms with Gasteiger partial charge in [0.2, 0.25) is 0 Å². The molecule has 0 atom stereocenters. The molecule has 1 fully saturated rings. The van der Waals surface area contributed by atoms with E-state index in [-0.39, 0.29) is 0 Å². The van der Waals surface area contributed by atoms with Gasteiger partial charge in [0.25, 0.3) is 0 Å². The number of nitrogens with one attached hydrogen (secondary N) is 1. The summed E-state index contributed by atoms with van der Waals surface area (Å²) in [5.41, 5.74) is 2.35. The van der Waals surface area contributed by atoms with Crippen molar-refractivity contribution in [2.24, 2.45) is 5.92 Å². The van der Waals surface area contributed by atoms with Crippen molar-refractivity contribution in [2.45, 2.75) is 39.3 Å². The Morgan fingerprint density at radius 1 is 1.45 bits per heavy atom. The largest absolute Gasteiger partial charge is 0.313 e. The Labute approximate surface area is 122 Å². The maximum atomic E-state index is 5.45. The predicted molar refractivity (Wildman–Crippen MR) is 83.1 cm³/mol. The maximum absolute atomic E-state index is 5.45. The molecule has 0 aliphatic heterocycles. The van der Waals surface area contributed by atoms with Crippen molar-refractivity contribution < 1.29 is 0 Å². The first-order chi connectivity index (χ1) is 9.81. The van der Waals surface area contributed by atoms with Crippen molar-refractivity contribution in [1.29, 1.82) is 0 Å². The van der Waals surface area contributed by atoms with Crippen LogP contribution in [0.3, 0.4) is 0 Å². The smallest absolute Gasteiger partial charge is 0.0602 e. The zero-order chi connectivity index (χ0) is 14.2. The highest BCUT2D eigenvalue weighted by Gasteiger charge is 2.24. The summed E-state index contributed by atoms with van der Waals surface area (Å²) in [5.74, 6) is 3.62.